The summed E-state index contributed by atoms with van der Waals surface area (Å²) < 4.78 is 0. The second kappa shape index (κ2) is 7.10. The highest BCUT2D eigenvalue weighted by Gasteiger charge is 2.10. The third-order valence-electron chi connectivity index (χ3n) is 2.98. The molecule has 0 aliphatic rings. The Morgan fingerprint density at radius 3 is 2.52 bits per heavy atom. The number of nitrogens with zero attached hydrogens (tertiary/aromatic N) is 1. The van der Waals surface area contributed by atoms with Crippen LogP contribution in [0.1, 0.15) is 24.1 Å². The number of benzene rings is 1. The van der Waals surface area contributed by atoms with Gasteiger partial charge in [0.2, 0.25) is 0 Å². The molecule has 2 aromatic rings. The molecule has 0 aliphatic heterocycles. The normalized spacial score (nSPS) is 10.5. The summed E-state index contributed by atoms with van der Waals surface area (Å²) >= 11 is 1.47. The van der Waals surface area contributed by atoms with Crippen LogP contribution < -0.4 is 5.73 Å². The van der Waals surface area contributed by atoms with Crippen LogP contribution in [-0.4, -0.2) is 21.8 Å². The number of aliphatic carboxylic acids is 1. The van der Waals surface area contributed by atoms with Gasteiger partial charge < -0.3 is 10.8 Å². The Labute approximate surface area is 126 Å². The van der Waals surface area contributed by atoms with E-state index in [1.165, 1.54) is 11.3 Å². The van der Waals surface area contributed by atoms with Gasteiger partial charge in [-0.2, -0.15) is 0 Å². The highest BCUT2D eigenvalue weighted by molar-refractivity contribution is 7.13. The van der Waals surface area contributed by atoms with Crippen LogP contribution in [0.15, 0.2) is 29.6 Å². The number of Topliss-reactive ketones (excluding diaryl/α,β-unsaturated/α-hetero) is 1. The number of thiazole rings is 1. The molecule has 0 aliphatic carbocycles. The predicted molar refractivity (Wildman–Crippen MR) is 81.0 cm³/mol. The zero-order valence-electron chi connectivity index (χ0n) is 11.4. The molecular formula is C15H16N2O3S. The number of hydrogen-bond donors (Lipinski definition) is 2. The molecule has 0 atom stereocenters. The number of carbonyl (C=O) groups excluding carboxylic acids is 1. The summed E-state index contributed by atoms with van der Waals surface area (Å²) in [7, 11) is 0. The van der Waals surface area contributed by atoms with Crippen molar-refractivity contribution in [2.45, 2.75) is 25.8 Å². The summed E-state index contributed by atoms with van der Waals surface area (Å²) in [6, 6.07) is 7.82. The van der Waals surface area contributed by atoms with Crippen molar-refractivity contribution < 1.29 is 14.7 Å². The van der Waals surface area contributed by atoms with Crippen molar-refractivity contribution in [3.05, 3.63) is 40.9 Å². The van der Waals surface area contributed by atoms with Crippen molar-refractivity contribution in [2.24, 2.45) is 5.73 Å². The maximum Gasteiger partial charge on any atom is 0.303 e. The minimum Gasteiger partial charge on any atom is -0.481 e. The lowest BCUT2D eigenvalue weighted by Crippen LogP contribution is -2.06. The number of carboxylic acids is 1. The maximum absolute atomic E-state index is 11.6. The quantitative estimate of drug-likeness (QED) is 0.818. The lowest BCUT2D eigenvalue weighted by atomic mass is 10.1. The summed E-state index contributed by atoms with van der Waals surface area (Å²) in [4.78, 5) is 26.5. The Kier molecular flexibility index (Phi) is 5.19. The number of rotatable bonds is 7. The van der Waals surface area contributed by atoms with Crippen LogP contribution in [-0.2, 0) is 22.6 Å². The molecule has 0 unspecified atom stereocenters. The number of aromatic nitrogens is 1. The molecule has 0 amide bonds. The minimum absolute atomic E-state index is 0.0490. The summed E-state index contributed by atoms with van der Waals surface area (Å²) in [6.45, 7) is 0.501. The van der Waals surface area contributed by atoms with E-state index < -0.39 is 5.97 Å². The van der Waals surface area contributed by atoms with Crippen LogP contribution in [0.5, 0.6) is 0 Å². The summed E-state index contributed by atoms with van der Waals surface area (Å²) in [5.74, 6) is -1.06. The molecule has 0 saturated heterocycles. The Hall–Kier alpha value is -2.05. The molecule has 0 spiro atoms. The molecule has 0 radical (unpaired) electrons. The molecular weight excluding hydrogens is 288 g/mol. The zero-order valence-corrected chi connectivity index (χ0v) is 12.2. The molecule has 2 rings (SSSR count). The molecule has 0 saturated carbocycles. The summed E-state index contributed by atoms with van der Waals surface area (Å²) in [5, 5.41) is 11.2. The van der Waals surface area contributed by atoms with E-state index in [0.29, 0.717) is 12.2 Å². The van der Waals surface area contributed by atoms with Crippen LogP contribution in [0.4, 0.5) is 0 Å². The van der Waals surface area contributed by atoms with Gasteiger partial charge in [0.25, 0.3) is 0 Å². The van der Waals surface area contributed by atoms with Crippen LogP contribution >= 0.6 is 11.3 Å². The second-order valence-corrected chi connectivity index (χ2v) is 5.51. The van der Waals surface area contributed by atoms with E-state index in [4.69, 9.17) is 10.8 Å². The predicted octanol–water partition coefficient (Wildman–Crippen LogP) is 2.25. The topological polar surface area (TPSA) is 93.3 Å². The minimum atomic E-state index is -0.956. The summed E-state index contributed by atoms with van der Waals surface area (Å²) in [5.41, 5.74) is 8.29. The van der Waals surface area contributed by atoms with Gasteiger partial charge in [-0.3, -0.25) is 9.59 Å². The lowest BCUT2D eigenvalue weighted by Gasteiger charge is -1.99. The second-order valence-electron chi connectivity index (χ2n) is 4.65. The molecule has 1 aromatic carbocycles. The molecule has 1 aromatic heterocycles. The third-order valence-corrected chi connectivity index (χ3v) is 3.92. The first kappa shape index (κ1) is 15.3. The van der Waals surface area contributed by atoms with Gasteiger partial charge >= 0.3 is 5.97 Å². The molecule has 21 heavy (non-hydrogen) atoms. The Morgan fingerprint density at radius 2 is 1.90 bits per heavy atom. The molecule has 5 nitrogen and oxygen atoms in total. The van der Waals surface area contributed by atoms with Crippen molar-refractivity contribution >= 4 is 23.1 Å². The number of nitrogens with two attached hydrogens (primary N) is 1. The lowest BCUT2D eigenvalue weighted by molar-refractivity contribution is -0.138. The highest BCUT2D eigenvalue weighted by Crippen LogP contribution is 2.24. The third kappa shape index (κ3) is 4.47. The molecule has 0 fully saturated rings. The van der Waals surface area contributed by atoms with Gasteiger partial charge in [0.1, 0.15) is 10.8 Å². The highest BCUT2D eigenvalue weighted by atomic mass is 32.1. The van der Waals surface area contributed by atoms with Gasteiger partial charge in [-0.05, 0) is 5.56 Å². The Balaban J connectivity index is 2.00. The molecule has 110 valence electrons. The summed E-state index contributed by atoms with van der Waals surface area (Å²) in [6.07, 6.45) is 0.106. The van der Waals surface area contributed by atoms with E-state index in [2.05, 4.69) is 4.98 Å². The number of carbonyl (C=O) groups is 2. The standard InChI is InChI=1S/C15H16N2O3S/c16-8-10-1-3-11(4-2-10)15-17-12(9-21-15)7-13(18)5-6-14(19)20/h1-4,9H,5-8,16H2,(H,19,20). The van der Waals surface area contributed by atoms with E-state index in [0.717, 1.165) is 16.1 Å². The van der Waals surface area contributed by atoms with E-state index in [1.807, 2.05) is 29.6 Å². The van der Waals surface area contributed by atoms with Gasteiger partial charge in [-0.1, -0.05) is 24.3 Å². The van der Waals surface area contributed by atoms with Gasteiger partial charge in [0.15, 0.2) is 0 Å². The molecule has 0 bridgehead atoms. The van der Waals surface area contributed by atoms with E-state index in [1.54, 1.807) is 0 Å². The molecule has 6 heteroatoms. The SMILES string of the molecule is NCc1ccc(-c2nc(CC(=O)CCC(=O)O)cs2)cc1. The van der Waals surface area contributed by atoms with Crippen molar-refractivity contribution in [1.29, 1.82) is 0 Å². The van der Waals surface area contributed by atoms with Gasteiger partial charge in [0.05, 0.1) is 12.1 Å². The fourth-order valence-electron chi connectivity index (χ4n) is 1.84. The van der Waals surface area contributed by atoms with Crippen molar-refractivity contribution in [1.82, 2.24) is 4.98 Å². The van der Waals surface area contributed by atoms with Crippen LogP contribution in [0.25, 0.3) is 10.6 Å². The molecule has 1 heterocycles. The van der Waals surface area contributed by atoms with E-state index >= 15 is 0 Å². The first-order valence-electron chi connectivity index (χ1n) is 6.55. The van der Waals surface area contributed by atoms with E-state index in [-0.39, 0.29) is 25.0 Å². The van der Waals surface area contributed by atoms with Gasteiger partial charge in [0, 0.05) is 30.3 Å². The zero-order chi connectivity index (χ0) is 15.2. The van der Waals surface area contributed by atoms with Crippen molar-refractivity contribution in [2.75, 3.05) is 0 Å². The van der Waals surface area contributed by atoms with Crippen molar-refractivity contribution in [3.8, 4) is 10.6 Å². The fourth-order valence-corrected chi connectivity index (χ4v) is 2.67. The Morgan fingerprint density at radius 1 is 1.19 bits per heavy atom. The average molecular weight is 304 g/mol. The maximum atomic E-state index is 11.6. The largest absolute Gasteiger partial charge is 0.481 e. The Bertz CT molecular complexity index is 635. The number of hydrogen-bond acceptors (Lipinski definition) is 5. The van der Waals surface area contributed by atoms with Crippen LogP contribution in [0.3, 0.4) is 0 Å². The van der Waals surface area contributed by atoms with Crippen LogP contribution in [0, 0.1) is 0 Å². The number of carboxylic acid groups (broad SMARTS) is 1. The van der Waals surface area contributed by atoms with E-state index in [9.17, 15) is 9.59 Å². The monoisotopic (exact) mass is 304 g/mol. The van der Waals surface area contributed by atoms with Crippen LogP contribution in [0.2, 0.25) is 0 Å². The smallest absolute Gasteiger partial charge is 0.303 e. The fraction of sp³-hybridized carbons (Fsp3) is 0.267. The van der Waals surface area contributed by atoms with Gasteiger partial charge in [-0.25, -0.2) is 4.98 Å². The number of ketones is 1. The average Bonchev–Trinajstić information content (AvgIpc) is 2.93. The first-order chi connectivity index (χ1) is 10.1. The molecule has 3 N–H and O–H groups in total. The first-order valence-corrected chi connectivity index (χ1v) is 7.43. The van der Waals surface area contributed by atoms with Gasteiger partial charge in [-0.15, -0.1) is 11.3 Å². The van der Waals surface area contributed by atoms with Crippen molar-refractivity contribution in [3.63, 3.8) is 0 Å².